The van der Waals surface area contributed by atoms with E-state index in [0.717, 1.165) is 22.3 Å². The van der Waals surface area contributed by atoms with Gasteiger partial charge in [0.15, 0.2) is 0 Å². The van der Waals surface area contributed by atoms with Crippen LogP contribution in [0.4, 0.5) is 0 Å². The monoisotopic (exact) mass is 463 g/mol. The molecule has 0 radical (unpaired) electrons. The number of hydrogen-bond donors (Lipinski definition) is 1. The van der Waals surface area contributed by atoms with Gasteiger partial charge in [0, 0.05) is 6.54 Å². The molecule has 0 atom stereocenters. The molecule has 0 aliphatic carbocycles. The zero-order chi connectivity index (χ0) is 24.0. The first-order valence-electron chi connectivity index (χ1n) is 10.7. The van der Waals surface area contributed by atoms with Gasteiger partial charge in [-0.3, -0.25) is 4.79 Å². The second-order valence-corrected chi connectivity index (χ2v) is 10.1. The molecular weight excluding hydrogens is 434 g/mol. The van der Waals surface area contributed by atoms with Crippen molar-refractivity contribution in [3.63, 3.8) is 0 Å². The summed E-state index contributed by atoms with van der Waals surface area (Å²) in [5, 5.41) is 4.00. The summed E-state index contributed by atoms with van der Waals surface area (Å²) in [6.07, 6.45) is 1.54. The van der Waals surface area contributed by atoms with Crippen molar-refractivity contribution in [3.8, 4) is 0 Å². The van der Waals surface area contributed by atoms with Crippen LogP contribution < -0.4 is 5.43 Å². The van der Waals surface area contributed by atoms with Gasteiger partial charge in [0.05, 0.1) is 17.7 Å². The second-order valence-electron chi connectivity index (χ2n) is 8.19. The number of benzene rings is 3. The molecular formula is C26H29N3O3S. The minimum atomic E-state index is -3.93. The number of carbonyl (C=O) groups excluding carboxylic acids is 1. The fourth-order valence-electron chi connectivity index (χ4n) is 3.84. The Morgan fingerprint density at radius 3 is 2.21 bits per heavy atom. The maximum Gasteiger partial charge on any atom is 0.255 e. The Labute approximate surface area is 196 Å². The van der Waals surface area contributed by atoms with E-state index in [-0.39, 0.29) is 18.0 Å². The summed E-state index contributed by atoms with van der Waals surface area (Å²) in [5.41, 5.74) is 7.46. The van der Waals surface area contributed by atoms with Crippen LogP contribution in [-0.2, 0) is 21.4 Å². The maximum atomic E-state index is 13.7. The third-order valence-electron chi connectivity index (χ3n) is 5.17. The Bertz CT molecular complexity index is 1250. The van der Waals surface area contributed by atoms with Gasteiger partial charge in [0.1, 0.15) is 0 Å². The quantitative estimate of drug-likeness (QED) is 0.400. The molecule has 6 nitrogen and oxygen atoms in total. The standard InChI is InChI=1S/C26H29N3O3S/c1-19-9-8-12-24(15-19)16-27-28-25(30)18-29(17-23-10-6-5-7-11-23)33(31,32)26-21(3)13-20(2)14-22(26)4/h5-16H,17-18H2,1-4H3,(H,28,30). The van der Waals surface area contributed by atoms with Gasteiger partial charge in [-0.05, 0) is 49.9 Å². The van der Waals surface area contributed by atoms with Gasteiger partial charge in [-0.15, -0.1) is 0 Å². The van der Waals surface area contributed by atoms with Crippen molar-refractivity contribution in [3.05, 3.63) is 100 Å². The van der Waals surface area contributed by atoms with Crippen molar-refractivity contribution in [1.82, 2.24) is 9.73 Å². The van der Waals surface area contributed by atoms with Crippen LogP contribution in [0.5, 0.6) is 0 Å². The number of nitrogens with one attached hydrogen (secondary N) is 1. The summed E-state index contributed by atoms with van der Waals surface area (Å²) in [7, 11) is -3.93. The molecule has 1 amide bonds. The SMILES string of the molecule is Cc1cccc(C=NNC(=O)CN(Cc2ccccc2)S(=O)(=O)c2c(C)cc(C)cc2C)c1. The number of amides is 1. The molecule has 3 rings (SSSR count). The molecule has 1 N–H and O–H groups in total. The topological polar surface area (TPSA) is 78.8 Å². The van der Waals surface area contributed by atoms with Crippen LogP contribution in [-0.4, -0.2) is 31.4 Å². The average Bonchev–Trinajstić information content (AvgIpc) is 2.73. The van der Waals surface area contributed by atoms with E-state index >= 15 is 0 Å². The number of hydrogen-bond acceptors (Lipinski definition) is 4. The van der Waals surface area contributed by atoms with E-state index in [1.165, 1.54) is 10.5 Å². The highest BCUT2D eigenvalue weighted by Crippen LogP contribution is 2.26. The van der Waals surface area contributed by atoms with E-state index in [4.69, 9.17) is 0 Å². The predicted molar refractivity (Wildman–Crippen MR) is 132 cm³/mol. The summed E-state index contributed by atoms with van der Waals surface area (Å²) < 4.78 is 28.5. The van der Waals surface area contributed by atoms with Gasteiger partial charge in [-0.1, -0.05) is 77.9 Å². The zero-order valence-corrected chi connectivity index (χ0v) is 20.2. The first-order chi connectivity index (χ1) is 15.7. The Hall–Kier alpha value is -3.29. The Kier molecular flexibility index (Phi) is 7.79. The molecule has 0 saturated heterocycles. The molecule has 0 heterocycles. The molecule has 33 heavy (non-hydrogen) atoms. The van der Waals surface area contributed by atoms with Crippen LogP contribution in [0.15, 0.2) is 76.7 Å². The molecule has 0 aliphatic rings. The van der Waals surface area contributed by atoms with E-state index in [2.05, 4.69) is 10.5 Å². The number of carbonyl (C=O) groups is 1. The number of hydrazone groups is 1. The summed E-state index contributed by atoms with van der Waals surface area (Å²) >= 11 is 0. The maximum absolute atomic E-state index is 13.7. The lowest BCUT2D eigenvalue weighted by molar-refractivity contribution is -0.121. The van der Waals surface area contributed by atoms with Crippen molar-refractivity contribution < 1.29 is 13.2 Å². The van der Waals surface area contributed by atoms with Crippen LogP contribution in [0.3, 0.4) is 0 Å². The number of nitrogens with zero attached hydrogens (tertiary/aromatic N) is 2. The Morgan fingerprint density at radius 1 is 0.909 bits per heavy atom. The molecule has 172 valence electrons. The van der Waals surface area contributed by atoms with E-state index in [0.29, 0.717) is 11.1 Å². The minimum absolute atomic E-state index is 0.0743. The molecule has 0 aromatic heterocycles. The van der Waals surface area contributed by atoms with Crippen molar-refractivity contribution in [2.24, 2.45) is 5.10 Å². The van der Waals surface area contributed by atoms with E-state index in [1.54, 1.807) is 13.8 Å². The van der Waals surface area contributed by atoms with Crippen molar-refractivity contribution >= 4 is 22.1 Å². The Morgan fingerprint density at radius 2 is 1.58 bits per heavy atom. The lowest BCUT2D eigenvalue weighted by Gasteiger charge is -2.24. The van der Waals surface area contributed by atoms with Crippen molar-refractivity contribution in [1.29, 1.82) is 0 Å². The third-order valence-corrected chi connectivity index (χ3v) is 7.27. The largest absolute Gasteiger partial charge is 0.272 e. The van der Waals surface area contributed by atoms with E-state index in [1.807, 2.05) is 80.6 Å². The van der Waals surface area contributed by atoms with Gasteiger partial charge >= 0.3 is 0 Å². The van der Waals surface area contributed by atoms with Gasteiger partial charge in [-0.25, -0.2) is 13.8 Å². The normalized spacial score (nSPS) is 11.8. The summed E-state index contributed by atoms with van der Waals surface area (Å²) in [4.78, 5) is 12.9. The minimum Gasteiger partial charge on any atom is -0.272 e. The van der Waals surface area contributed by atoms with Gasteiger partial charge in [0.2, 0.25) is 10.0 Å². The number of sulfonamides is 1. The highest BCUT2D eigenvalue weighted by molar-refractivity contribution is 7.89. The molecule has 3 aromatic carbocycles. The van der Waals surface area contributed by atoms with Crippen molar-refractivity contribution in [2.45, 2.75) is 39.1 Å². The Balaban J connectivity index is 1.86. The fraction of sp³-hybridized carbons (Fsp3) is 0.231. The van der Waals surface area contributed by atoms with Gasteiger partial charge in [-0.2, -0.15) is 9.41 Å². The van der Waals surface area contributed by atoms with Crippen LogP contribution in [0.1, 0.15) is 33.4 Å². The second kappa shape index (κ2) is 10.6. The molecule has 3 aromatic rings. The smallest absolute Gasteiger partial charge is 0.255 e. The number of rotatable bonds is 8. The number of aryl methyl sites for hydroxylation is 4. The van der Waals surface area contributed by atoms with Gasteiger partial charge in [0.25, 0.3) is 5.91 Å². The summed E-state index contributed by atoms with van der Waals surface area (Å²) in [6, 6.07) is 20.6. The van der Waals surface area contributed by atoms with E-state index < -0.39 is 15.9 Å². The fourth-order valence-corrected chi connectivity index (χ4v) is 5.64. The average molecular weight is 464 g/mol. The third kappa shape index (κ3) is 6.37. The molecule has 0 aliphatic heterocycles. The van der Waals surface area contributed by atoms with E-state index in [9.17, 15) is 13.2 Å². The zero-order valence-electron chi connectivity index (χ0n) is 19.4. The van der Waals surface area contributed by atoms with Gasteiger partial charge < -0.3 is 0 Å². The van der Waals surface area contributed by atoms with Crippen molar-refractivity contribution in [2.75, 3.05) is 6.54 Å². The highest BCUT2D eigenvalue weighted by atomic mass is 32.2. The first kappa shape index (κ1) is 24.4. The molecule has 0 unspecified atom stereocenters. The van der Waals surface area contributed by atoms with Crippen LogP contribution >= 0.6 is 0 Å². The highest BCUT2D eigenvalue weighted by Gasteiger charge is 2.29. The van der Waals surface area contributed by atoms with Crippen LogP contribution in [0, 0.1) is 27.7 Å². The van der Waals surface area contributed by atoms with Crippen LogP contribution in [0.25, 0.3) is 0 Å². The summed E-state index contributed by atoms with van der Waals surface area (Å²) in [5.74, 6) is -0.513. The molecule has 0 saturated carbocycles. The van der Waals surface area contributed by atoms with Crippen LogP contribution in [0.2, 0.25) is 0 Å². The molecule has 0 bridgehead atoms. The summed E-state index contributed by atoms with van der Waals surface area (Å²) in [6.45, 7) is 7.18. The lowest BCUT2D eigenvalue weighted by Crippen LogP contribution is -2.39. The molecule has 0 fully saturated rings. The molecule has 0 spiro atoms. The predicted octanol–water partition coefficient (Wildman–Crippen LogP) is 4.26. The lowest BCUT2D eigenvalue weighted by atomic mass is 10.1. The first-order valence-corrected chi connectivity index (χ1v) is 12.1. The molecule has 7 heteroatoms.